The maximum absolute atomic E-state index is 11.4. The van der Waals surface area contributed by atoms with Gasteiger partial charge in [-0.25, -0.2) is 0 Å². The summed E-state index contributed by atoms with van der Waals surface area (Å²) in [6, 6.07) is -0.502. The van der Waals surface area contributed by atoms with E-state index >= 15 is 0 Å². The number of ether oxygens (including phenoxy) is 1. The SMILES string of the molecule is CCOC(=O)C1CCC(O)C(N=[N+]=[N-])C1. The Labute approximate surface area is 87.9 Å². The summed E-state index contributed by atoms with van der Waals surface area (Å²) in [5.41, 5.74) is 8.30. The number of aliphatic hydroxyl groups excluding tert-OH is 1. The van der Waals surface area contributed by atoms with Gasteiger partial charge in [-0.05, 0) is 31.7 Å². The Morgan fingerprint density at radius 3 is 3.00 bits per heavy atom. The van der Waals surface area contributed by atoms with Crippen LogP contribution in [0.3, 0.4) is 0 Å². The highest BCUT2D eigenvalue weighted by molar-refractivity contribution is 5.72. The van der Waals surface area contributed by atoms with E-state index in [1.807, 2.05) is 0 Å². The van der Waals surface area contributed by atoms with Crippen molar-refractivity contribution in [2.45, 2.75) is 38.3 Å². The van der Waals surface area contributed by atoms with Gasteiger partial charge in [0.15, 0.2) is 0 Å². The monoisotopic (exact) mass is 213 g/mol. The predicted octanol–water partition coefficient (Wildman–Crippen LogP) is 1.39. The smallest absolute Gasteiger partial charge is 0.308 e. The van der Waals surface area contributed by atoms with Crippen LogP contribution in [0.5, 0.6) is 0 Å². The summed E-state index contributed by atoms with van der Waals surface area (Å²) in [6.07, 6.45) is 0.820. The van der Waals surface area contributed by atoms with E-state index in [-0.39, 0.29) is 11.9 Å². The molecule has 0 saturated heterocycles. The van der Waals surface area contributed by atoms with Gasteiger partial charge in [0.2, 0.25) is 0 Å². The summed E-state index contributed by atoms with van der Waals surface area (Å²) >= 11 is 0. The summed E-state index contributed by atoms with van der Waals surface area (Å²) in [7, 11) is 0. The molecule has 6 heteroatoms. The fraction of sp³-hybridized carbons (Fsp3) is 0.889. The third kappa shape index (κ3) is 3.11. The Balaban J connectivity index is 2.57. The maximum Gasteiger partial charge on any atom is 0.308 e. The van der Waals surface area contributed by atoms with Crippen LogP contribution in [0.15, 0.2) is 5.11 Å². The Hall–Kier alpha value is -1.26. The minimum absolute atomic E-state index is 0.246. The molecule has 3 atom stereocenters. The molecule has 1 aliphatic carbocycles. The molecule has 0 heterocycles. The maximum atomic E-state index is 11.4. The van der Waals surface area contributed by atoms with Gasteiger partial charge < -0.3 is 9.84 Å². The Kier molecular flexibility index (Phi) is 4.39. The molecule has 1 saturated carbocycles. The van der Waals surface area contributed by atoms with Gasteiger partial charge in [0.05, 0.1) is 24.7 Å². The number of rotatable bonds is 3. The van der Waals surface area contributed by atoms with Crippen LogP contribution >= 0.6 is 0 Å². The first kappa shape index (κ1) is 11.8. The summed E-state index contributed by atoms with van der Waals surface area (Å²) in [4.78, 5) is 14.1. The van der Waals surface area contributed by atoms with E-state index in [0.717, 1.165) is 0 Å². The van der Waals surface area contributed by atoms with E-state index in [9.17, 15) is 9.90 Å². The molecule has 0 aliphatic heterocycles. The minimum atomic E-state index is -0.633. The van der Waals surface area contributed by atoms with Gasteiger partial charge in [0, 0.05) is 4.91 Å². The summed E-state index contributed by atoms with van der Waals surface area (Å²) < 4.78 is 4.89. The third-order valence-electron chi connectivity index (χ3n) is 2.60. The van der Waals surface area contributed by atoms with Gasteiger partial charge in [0.1, 0.15) is 0 Å². The molecule has 0 aromatic carbocycles. The number of hydrogen-bond acceptors (Lipinski definition) is 4. The van der Waals surface area contributed by atoms with Crippen molar-refractivity contribution >= 4 is 5.97 Å². The van der Waals surface area contributed by atoms with E-state index in [0.29, 0.717) is 25.9 Å². The average Bonchev–Trinajstić information content (AvgIpc) is 2.22. The second kappa shape index (κ2) is 5.58. The molecule has 1 rings (SSSR count). The van der Waals surface area contributed by atoms with Crippen LogP contribution in [0, 0.1) is 5.92 Å². The van der Waals surface area contributed by atoms with Gasteiger partial charge in [-0.3, -0.25) is 4.79 Å². The first-order chi connectivity index (χ1) is 7.19. The molecule has 0 aromatic rings. The average molecular weight is 213 g/mol. The Morgan fingerprint density at radius 1 is 1.67 bits per heavy atom. The number of esters is 1. The number of carbonyl (C=O) groups is 1. The number of azide groups is 1. The molecular formula is C9H15N3O3. The molecule has 0 radical (unpaired) electrons. The van der Waals surface area contributed by atoms with Crippen molar-refractivity contribution in [3.05, 3.63) is 10.4 Å². The molecule has 0 aromatic heterocycles. The van der Waals surface area contributed by atoms with Crippen molar-refractivity contribution in [3.63, 3.8) is 0 Å². The quantitative estimate of drug-likeness (QED) is 0.332. The van der Waals surface area contributed by atoms with Crippen molar-refractivity contribution in [1.82, 2.24) is 0 Å². The lowest BCUT2D eigenvalue weighted by molar-refractivity contribution is -0.150. The second-order valence-electron chi connectivity index (χ2n) is 3.60. The molecule has 1 aliphatic rings. The molecule has 6 nitrogen and oxygen atoms in total. The molecule has 3 unspecified atom stereocenters. The highest BCUT2D eigenvalue weighted by Crippen LogP contribution is 2.27. The molecule has 1 fully saturated rings. The molecule has 1 N–H and O–H groups in total. The van der Waals surface area contributed by atoms with Crippen LogP contribution in [-0.4, -0.2) is 29.8 Å². The molecule has 15 heavy (non-hydrogen) atoms. The van der Waals surface area contributed by atoms with Crippen LogP contribution in [0.25, 0.3) is 10.4 Å². The first-order valence-electron chi connectivity index (χ1n) is 5.08. The number of carbonyl (C=O) groups excluding carboxylic acids is 1. The zero-order chi connectivity index (χ0) is 11.3. The van der Waals surface area contributed by atoms with E-state index in [2.05, 4.69) is 10.0 Å². The van der Waals surface area contributed by atoms with Crippen LogP contribution in [0.2, 0.25) is 0 Å². The lowest BCUT2D eigenvalue weighted by Crippen LogP contribution is -2.35. The number of aliphatic hydroxyl groups is 1. The lowest BCUT2D eigenvalue weighted by atomic mass is 9.84. The van der Waals surface area contributed by atoms with Crippen molar-refractivity contribution in [1.29, 1.82) is 0 Å². The van der Waals surface area contributed by atoms with Crippen LogP contribution in [-0.2, 0) is 9.53 Å². The Bertz CT molecular complexity index is 276. The number of hydrogen-bond donors (Lipinski definition) is 1. The van der Waals surface area contributed by atoms with Crippen molar-refractivity contribution < 1.29 is 14.6 Å². The van der Waals surface area contributed by atoms with Gasteiger partial charge in [-0.1, -0.05) is 5.11 Å². The standard InChI is InChI=1S/C9H15N3O3/c1-2-15-9(14)6-3-4-8(13)7(5-6)11-12-10/h6-8,13H,2-5H2,1H3. The normalized spacial score (nSPS) is 30.4. The van der Waals surface area contributed by atoms with Crippen LogP contribution in [0.1, 0.15) is 26.2 Å². The van der Waals surface area contributed by atoms with Crippen molar-refractivity contribution in [2.24, 2.45) is 11.0 Å². The molecule has 84 valence electrons. The van der Waals surface area contributed by atoms with E-state index < -0.39 is 12.1 Å². The van der Waals surface area contributed by atoms with Gasteiger partial charge in [-0.15, -0.1) is 0 Å². The molecule has 0 spiro atoms. The topological polar surface area (TPSA) is 95.3 Å². The van der Waals surface area contributed by atoms with Crippen molar-refractivity contribution in [2.75, 3.05) is 6.61 Å². The predicted molar refractivity (Wildman–Crippen MR) is 52.9 cm³/mol. The highest BCUT2D eigenvalue weighted by atomic mass is 16.5. The first-order valence-corrected chi connectivity index (χ1v) is 5.08. The third-order valence-corrected chi connectivity index (χ3v) is 2.60. The van der Waals surface area contributed by atoms with Crippen molar-refractivity contribution in [3.8, 4) is 0 Å². The largest absolute Gasteiger partial charge is 0.466 e. The van der Waals surface area contributed by atoms with Crippen LogP contribution in [0.4, 0.5) is 0 Å². The lowest BCUT2D eigenvalue weighted by Gasteiger charge is -2.28. The zero-order valence-electron chi connectivity index (χ0n) is 8.67. The van der Waals surface area contributed by atoms with Crippen LogP contribution < -0.4 is 0 Å². The minimum Gasteiger partial charge on any atom is -0.466 e. The van der Waals surface area contributed by atoms with E-state index in [4.69, 9.17) is 10.3 Å². The highest BCUT2D eigenvalue weighted by Gasteiger charge is 2.32. The zero-order valence-corrected chi connectivity index (χ0v) is 8.67. The van der Waals surface area contributed by atoms with Gasteiger partial charge in [-0.2, -0.15) is 0 Å². The summed E-state index contributed by atoms with van der Waals surface area (Å²) in [5, 5.41) is 13.0. The summed E-state index contributed by atoms with van der Waals surface area (Å²) in [5.74, 6) is -0.508. The number of nitrogens with zero attached hydrogens (tertiary/aromatic N) is 3. The van der Waals surface area contributed by atoms with Gasteiger partial charge in [0.25, 0.3) is 0 Å². The van der Waals surface area contributed by atoms with Gasteiger partial charge >= 0.3 is 5.97 Å². The van der Waals surface area contributed by atoms with E-state index in [1.165, 1.54) is 0 Å². The fourth-order valence-corrected chi connectivity index (χ4v) is 1.80. The fourth-order valence-electron chi connectivity index (χ4n) is 1.80. The second-order valence-corrected chi connectivity index (χ2v) is 3.60. The van der Waals surface area contributed by atoms with E-state index in [1.54, 1.807) is 6.92 Å². The molecule has 0 amide bonds. The summed E-state index contributed by atoms with van der Waals surface area (Å²) in [6.45, 7) is 2.10. The molecular weight excluding hydrogens is 198 g/mol. The molecule has 0 bridgehead atoms. The Morgan fingerprint density at radius 2 is 2.40 bits per heavy atom.